The number of carbonyl (C=O) groups excluding carboxylic acids is 1. The molecule has 0 saturated heterocycles. The van der Waals surface area contributed by atoms with Crippen LogP contribution in [0.25, 0.3) is 11.1 Å². The molecule has 0 unspecified atom stereocenters. The third-order valence-corrected chi connectivity index (χ3v) is 7.20. The number of hydrogen-bond donors (Lipinski definition) is 3. The number of ether oxygens (including phenoxy) is 1. The molecule has 0 radical (unpaired) electrons. The van der Waals surface area contributed by atoms with E-state index < -0.39 is 16.0 Å². The normalized spacial score (nSPS) is 11.1. The average Bonchev–Trinajstić information content (AvgIpc) is 3.10. The highest BCUT2D eigenvalue weighted by molar-refractivity contribution is 7.89. The Hall–Kier alpha value is -2.79. The highest BCUT2D eigenvalue weighted by Crippen LogP contribution is 2.40. The van der Waals surface area contributed by atoms with Crippen LogP contribution in [0.5, 0.6) is 0 Å². The highest BCUT2D eigenvalue weighted by Gasteiger charge is 2.25. The maximum Gasteiger partial charge on any atom is 0.341 e. The van der Waals surface area contributed by atoms with E-state index in [2.05, 4.69) is 15.4 Å². The minimum Gasteiger partial charge on any atom is -0.462 e. The number of rotatable bonds is 7. The molecule has 0 spiro atoms. The van der Waals surface area contributed by atoms with Crippen LogP contribution in [-0.4, -0.2) is 33.2 Å². The molecule has 0 aliphatic rings. The van der Waals surface area contributed by atoms with E-state index in [4.69, 9.17) is 17.0 Å². The number of thiocarbonyl (C=S) groups is 1. The molecule has 3 N–H and O–H groups in total. The van der Waals surface area contributed by atoms with Crippen molar-refractivity contribution < 1.29 is 17.9 Å². The van der Waals surface area contributed by atoms with Gasteiger partial charge in [-0.3, -0.25) is 0 Å². The number of esters is 1. The Balaban J connectivity index is 1.87. The monoisotopic (exact) mass is 489 g/mol. The molecule has 168 valence electrons. The number of aryl methyl sites for hydroxylation is 1. The molecule has 0 bridgehead atoms. The van der Waals surface area contributed by atoms with Crippen molar-refractivity contribution in [2.45, 2.75) is 18.7 Å². The SMILES string of the molecule is CCOC(=O)c1c(NC(=S)Nc2ccc(S(=O)(=O)NC)cc2)sc(C)c1-c1ccccc1. The summed E-state index contributed by atoms with van der Waals surface area (Å²) in [7, 11) is -2.16. The molecule has 0 amide bonds. The Kier molecular flexibility index (Phi) is 7.62. The van der Waals surface area contributed by atoms with E-state index in [9.17, 15) is 13.2 Å². The molecular weight excluding hydrogens is 466 g/mol. The summed E-state index contributed by atoms with van der Waals surface area (Å²) >= 11 is 6.84. The molecule has 0 fully saturated rings. The summed E-state index contributed by atoms with van der Waals surface area (Å²) in [6.07, 6.45) is 0. The van der Waals surface area contributed by atoms with Gasteiger partial charge in [-0.05, 0) is 62.9 Å². The van der Waals surface area contributed by atoms with Crippen molar-refractivity contribution >= 4 is 55.3 Å². The zero-order valence-corrected chi connectivity index (χ0v) is 20.2. The molecular formula is C22H23N3O4S3. The molecule has 7 nitrogen and oxygen atoms in total. The van der Waals surface area contributed by atoms with Gasteiger partial charge in [-0.25, -0.2) is 17.9 Å². The van der Waals surface area contributed by atoms with E-state index in [0.717, 1.165) is 16.0 Å². The largest absolute Gasteiger partial charge is 0.462 e. The van der Waals surface area contributed by atoms with Crippen molar-refractivity contribution in [1.29, 1.82) is 0 Å². The highest BCUT2D eigenvalue weighted by atomic mass is 32.2. The number of carbonyl (C=O) groups is 1. The molecule has 3 aromatic rings. The maximum atomic E-state index is 12.8. The van der Waals surface area contributed by atoms with Gasteiger partial charge in [0.05, 0.1) is 11.5 Å². The molecule has 1 heterocycles. The number of sulfonamides is 1. The van der Waals surface area contributed by atoms with Gasteiger partial charge in [0.1, 0.15) is 10.6 Å². The van der Waals surface area contributed by atoms with Gasteiger partial charge in [0.2, 0.25) is 10.0 Å². The zero-order valence-electron chi connectivity index (χ0n) is 17.8. The lowest BCUT2D eigenvalue weighted by Crippen LogP contribution is -2.21. The minimum atomic E-state index is -3.52. The van der Waals surface area contributed by atoms with E-state index in [1.165, 1.54) is 30.5 Å². The fourth-order valence-corrected chi connectivity index (χ4v) is 5.17. The first-order chi connectivity index (χ1) is 15.3. The number of benzene rings is 2. The third kappa shape index (κ3) is 5.33. The van der Waals surface area contributed by atoms with Crippen molar-refractivity contribution in [1.82, 2.24) is 4.72 Å². The van der Waals surface area contributed by atoms with Crippen molar-refractivity contribution in [2.24, 2.45) is 0 Å². The van der Waals surface area contributed by atoms with Crippen LogP contribution in [0.15, 0.2) is 59.5 Å². The van der Waals surface area contributed by atoms with Gasteiger partial charge in [-0.15, -0.1) is 11.3 Å². The van der Waals surface area contributed by atoms with E-state index >= 15 is 0 Å². The molecule has 0 atom stereocenters. The summed E-state index contributed by atoms with van der Waals surface area (Å²) in [6, 6.07) is 15.8. The van der Waals surface area contributed by atoms with Crippen LogP contribution < -0.4 is 15.4 Å². The minimum absolute atomic E-state index is 0.149. The number of anilines is 2. The third-order valence-electron chi connectivity index (χ3n) is 4.54. The van der Waals surface area contributed by atoms with Crippen molar-refractivity contribution in [2.75, 3.05) is 24.3 Å². The van der Waals surface area contributed by atoms with Crippen LogP contribution in [0.2, 0.25) is 0 Å². The van der Waals surface area contributed by atoms with Gasteiger partial charge in [0, 0.05) is 16.1 Å². The van der Waals surface area contributed by atoms with Crippen LogP contribution >= 0.6 is 23.6 Å². The summed E-state index contributed by atoms with van der Waals surface area (Å²) in [5, 5.41) is 6.95. The molecule has 0 aliphatic carbocycles. The van der Waals surface area contributed by atoms with Crippen LogP contribution in [0, 0.1) is 6.92 Å². The Morgan fingerprint density at radius 2 is 1.72 bits per heavy atom. The first kappa shape index (κ1) is 23.9. The summed E-state index contributed by atoms with van der Waals surface area (Å²) in [5.41, 5.74) is 2.76. The predicted molar refractivity (Wildman–Crippen MR) is 133 cm³/mol. The predicted octanol–water partition coefficient (Wildman–Crippen LogP) is 4.62. The number of thiophene rings is 1. The number of hydrogen-bond acceptors (Lipinski definition) is 6. The molecule has 10 heteroatoms. The first-order valence-corrected chi connectivity index (χ1v) is 12.4. The zero-order chi connectivity index (χ0) is 23.3. The second-order valence-corrected chi connectivity index (χ2v) is 10.2. The van der Waals surface area contributed by atoms with Gasteiger partial charge < -0.3 is 15.4 Å². The van der Waals surface area contributed by atoms with Gasteiger partial charge in [-0.2, -0.15) is 0 Å². The fraction of sp³-hybridized carbons (Fsp3) is 0.182. The molecule has 3 rings (SSSR count). The summed E-state index contributed by atoms with van der Waals surface area (Å²) in [6.45, 7) is 3.96. The Morgan fingerprint density at radius 1 is 1.06 bits per heavy atom. The fourth-order valence-electron chi connectivity index (χ4n) is 3.08. The summed E-state index contributed by atoms with van der Waals surface area (Å²) < 4.78 is 31.3. The lowest BCUT2D eigenvalue weighted by atomic mass is 10.0. The standard InChI is InChI=1S/C22H23N3O4S3/c1-4-29-21(26)19-18(15-8-6-5-7-9-15)14(2)31-20(19)25-22(30)24-16-10-12-17(13-11-16)32(27,28)23-3/h5-13,23H,4H2,1-3H3,(H2,24,25,30). The molecule has 32 heavy (non-hydrogen) atoms. The van der Waals surface area contributed by atoms with Crippen molar-refractivity contribution in [3.8, 4) is 11.1 Å². The molecule has 0 saturated carbocycles. The van der Waals surface area contributed by atoms with E-state index in [1.807, 2.05) is 37.3 Å². The van der Waals surface area contributed by atoms with Crippen LogP contribution in [0.1, 0.15) is 22.2 Å². The number of nitrogens with one attached hydrogen (secondary N) is 3. The van der Waals surface area contributed by atoms with E-state index in [0.29, 0.717) is 16.3 Å². The van der Waals surface area contributed by atoms with Crippen LogP contribution in [-0.2, 0) is 14.8 Å². The van der Waals surface area contributed by atoms with Gasteiger partial charge >= 0.3 is 5.97 Å². The Bertz CT molecular complexity index is 1220. The molecule has 2 aromatic carbocycles. The maximum absolute atomic E-state index is 12.8. The smallest absolute Gasteiger partial charge is 0.341 e. The average molecular weight is 490 g/mol. The second-order valence-electron chi connectivity index (χ2n) is 6.63. The Morgan fingerprint density at radius 3 is 2.31 bits per heavy atom. The van der Waals surface area contributed by atoms with Crippen LogP contribution in [0.4, 0.5) is 10.7 Å². The van der Waals surface area contributed by atoms with E-state index in [-0.39, 0.29) is 16.6 Å². The molecule has 0 aliphatic heterocycles. The quantitative estimate of drug-likeness (QED) is 0.329. The van der Waals surface area contributed by atoms with E-state index in [1.54, 1.807) is 19.1 Å². The summed E-state index contributed by atoms with van der Waals surface area (Å²) in [5.74, 6) is -0.428. The second kappa shape index (κ2) is 10.2. The van der Waals surface area contributed by atoms with Crippen molar-refractivity contribution in [3.05, 3.63) is 65.0 Å². The molecule has 1 aromatic heterocycles. The Labute approximate surface area is 196 Å². The summed E-state index contributed by atoms with van der Waals surface area (Å²) in [4.78, 5) is 13.9. The first-order valence-electron chi connectivity index (χ1n) is 9.74. The lowest BCUT2D eigenvalue weighted by molar-refractivity contribution is 0.0529. The van der Waals surface area contributed by atoms with Crippen molar-refractivity contribution in [3.63, 3.8) is 0 Å². The van der Waals surface area contributed by atoms with Gasteiger partial charge in [0.15, 0.2) is 5.11 Å². The topological polar surface area (TPSA) is 96.5 Å². The van der Waals surface area contributed by atoms with Gasteiger partial charge in [-0.1, -0.05) is 30.3 Å². The van der Waals surface area contributed by atoms with Gasteiger partial charge in [0.25, 0.3) is 0 Å². The van der Waals surface area contributed by atoms with Crippen LogP contribution in [0.3, 0.4) is 0 Å². The lowest BCUT2D eigenvalue weighted by Gasteiger charge is -2.12.